The summed E-state index contributed by atoms with van der Waals surface area (Å²) in [6, 6.07) is 3.13. The summed E-state index contributed by atoms with van der Waals surface area (Å²) in [5.41, 5.74) is 5.11. The highest BCUT2D eigenvalue weighted by Crippen LogP contribution is 2.16. The number of hydrogen-bond donors (Lipinski definition) is 3. The van der Waals surface area contributed by atoms with Crippen LogP contribution >= 0.6 is 23.7 Å². The van der Waals surface area contributed by atoms with Crippen molar-refractivity contribution in [2.24, 2.45) is 11.7 Å². The minimum Gasteiger partial charge on any atom is -0.348 e. The second-order valence-corrected chi connectivity index (χ2v) is 8.02. The SMILES string of the molecule is CC(C)C(C)(CN)NC(=O)CNS(=O)(=O)c1cccs1.Cl. The molecule has 6 nitrogen and oxygen atoms in total. The fourth-order valence-electron chi connectivity index (χ4n) is 1.44. The van der Waals surface area contributed by atoms with Crippen LogP contribution in [0.1, 0.15) is 20.8 Å². The molecular formula is C12H22ClN3O3S2. The summed E-state index contributed by atoms with van der Waals surface area (Å²) in [7, 11) is -3.62. The van der Waals surface area contributed by atoms with Crippen LogP contribution in [0.25, 0.3) is 0 Å². The third-order valence-corrected chi connectivity index (χ3v) is 6.10. The molecule has 1 heterocycles. The average molecular weight is 356 g/mol. The van der Waals surface area contributed by atoms with Gasteiger partial charge in [0.1, 0.15) is 4.21 Å². The molecule has 0 fully saturated rings. The standard InChI is InChI=1S/C12H21N3O3S2.ClH/c1-9(2)12(3,8-13)15-10(16)7-14-20(17,18)11-5-4-6-19-11;/h4-6,9,14H,7-8,13H2,1-3H3,(H,15,16);1H. The van der Waals surface area contributed by atoms with Crippen LogP contribution in [0.4, 0.5) is 0 Å². The third kappa shape index (κ3) is 5.55. The Balaban J connectivity index is 0.00000400. The van der Waals surface area contributed by atoms with E-state index in [9.17, 15) is 13.2 Å². The zero-order valence-corrected chi connectivity index (χ0v) is 14.7. The number of thiophene rings is 1. The molecular weight excluding hydrogens is 334 g/mol. The summed E-state index contributed by atoms with van der Waals surface area (Å²) in [6.45, 7) is 5.71. The van der Waals surface area contributed by atoms with Crippen molar-refractivity contribution in [1.82, 2.24) is 10.0 Å². The monoisotopic (exact) mass is 355 g/mol. The molecule has 9 heteroatoms. The van der Waals surface area contributed by atoms with Crippen LogP contribution in [0, 0.1) is 5.92 Å². The number of nitrogens with one attached hydrogen (secondary N) is 2. The molecule has 0 radical (unpaired) electrons. The predicted molar refractivity (Wildman–Crippen MR) is 87.2 cm³/mol. The predicted octanol–water partition coefficient (Wildman–Crippen LogP) is 0.938. The van der Waals surface area contributed by atoms with Gasteiger partial charge in [-0.2, -0.15) is 0 Å². The molecule has 1 atom stereocenters. The smallest absolute Gasteiger partial charge is 0.250 e. The van der Waals surface area contributed by atoms with Gasteiger partial charge in [-0.1, -0.05) is 19.9 Å². The number of hydrogen-bond acceptors (Lipinski definition) is 5. The van der Waals surface area contributed by atoms with E-state index in [1.54, 1.807) is 11.4 Å². The van der Waals surface area contributed by atoms with Gasteiger partial charge in [0, 0.05) is 6.54 Å². The molecule has 1 rings (SSSR count). The highest BCUT2D eigenvalue weighted by atomic mass is 35.5. The molecule has 0 aliphatic rings. The molecule has 21 heavy (non-hydrogen) atoms. The minimum absolute atomic E-state index is 0. The number of carbonyl (C=O) groups excluding carboxylic acids is 1. The zero-order chi connectivity index (χ0) is 15.4. The molecule has 4 N–H and O–H groups in total. The molecule has 1 aromatic rings. The minimum atomic E-state index is -3.62. The highest BCUT2D eigenvalue weighted by molar-refractivity contribution is 7.91. The maximum Gasteiger partial charge on any atom is 0.250 e. The van der Waals surface area contributed by atoms with Crippen molar-refractivity contribution in [1.29, 1.82) is 0 Å². The lowest BCUT2D eigenvalue weighted by Gasteiger charge is -2.33. The van der Waals surface area contributed by atoms with Crippen molar-refractivity contribution >= 4 is 39.7 Å². The van der Waals surface area contributed by atoms with E-state index in [-0.39, 0.29) is 35.6 Å². The summed E-state index contributed by atoms with van der Waals surface area (Å²) in [6.07, 6.45) is 0. The van der Waals surface area contributed by atoms with Crippen molar-refractivity contribution < 1.29 is 13.2 Å². The van der Waals surface area contributed by atoms with Gasteiger partial charge < -0.3 is 11.1 Å². The quantitative estimate of drug-likeness (QED) is 0.677. The number of sulfonamides is 1. The Morgan fingerprint density at radius 2 is 2.10 bits per heavy atom. The van der Waals surface area contributed by atoms with Crippen LogP contribution in [-0.2, 0) is 14.8 Å². The van der Waals surface area contributed by atoms with Gasteiger partial charge in [0.05, 0.1) is 12.1 Å². The van der Waals surface area contributed by atoms with Gasteiger partial charge in [-0.05, 0) is 24.3 Å². The van der Waals surface area contributed by atoms with E-state index in [1.165, 1.54) is 6.07 Å². The normalized spacial score (nSPS) is 14.3. The van der Waals surface area contributed by atoms with Crippen molar-refractivity contribution in [2.75, 3.05) is 13.1 Å². The lowest BCUT2D eigenvalue weighted by molar-refractivity contribution is -0.122. The van der Waals surface area contributed by atoms with Crippen LogP contribution < -0.4 is 15.8 Å². The molecule has 0 saturated heterocycles. The van der Waals surface area contributed by atoms with Crippen molar-refractivity contribution in [3.8, 4) is 0 Å². The number of carbonyl (C=O) groups is 1. The summed E-state index contributed by atoms with van der Waals surface area (Å²) in [5.74, 6) is -0.253. The van der Waals surface area contributed by atoms with E-state index in [1.807, 2.05) is 20.8 Å². The molecule has 0 spiro atoms. The number of nitrogens with two attached hydrogens (primary N) is 1. The lowest BCUT2D eigenvalue weighted by Crippen LogP contribution is -2.56. The van der Waals surface area contributed by atoms with E-state index in [0.717, 1.165) is 11.3 Å². The van der Waals surface area contributed by atoms with Crippen LogP contribution in [-0.4, -0.2) is 33.0 Å². The van der Waals surface area contributed by atoms with Gasteiger partial charge in [0.2, 0.25) is 5.91 Å². The van der Waals surface area contributed by atoms with Gasteiger partial charge >= 0.3 is 0 Å². The number of rotatable bonds is 7. The molecule has 1 amide bonds. The first-order valence-electron chi connectivity index (χ1n) is 6.25. The van der Waals surface area contributed by atoms with Crippen LogP contribution in [0.2, 0.25) is 0 Å². The van der Waals surface area contributed by atoms with Gasteiger partial charge in [0.25, 0.3) is 10.0 Å². The maximum atomic E-state index is 11.9. The van der Waals surface area contributed by atoms with E-state index >= 15 is 0 Å². The molecule has 1 unspecified atom stereocenters. The van der Waals surface area contributed by atoms with Gasteiger partial charge in [0.15, 0.2) is 0 Å². The zero-order valence-electron chi connectivity index (χ0n) is 12.3. The first kappa shape index (κ1) is 20.3. The van der Waals surface area contributed by atoms with Crippen LogP contribution in [0.5, 0.6) is 0 Å². The largest absolute Gasteiger partial charge is 0.348 e. The molecule has 0 bridgehead atoms. The lowest BCUT2D eigenvalue weighted by atomic mass is 9.88. The van der Waals surface area contributed by atoms with Gasteiger partial charge in [-0.15, -0.1) is 23.7 Å². The van der Waals surface area contributed by atoms with E-state index < -0.39 is 21.5 Å². The van der Waals surface area contributed by atoms with Gasteiger partial charge in [-0.3, -0.25) is 4.79 Å². The first-order chi connectivity index (χ1) is 9.21. The summed E-state index contributed by atoms with van der Waals surface area (Å²) in [4.78, 5) is 11.8. The Bertz CT molecular complexity index is 546. The van der Waals surface area contributed by atoms with E-state index in [0.29, 0.717) is 0 Å². The molecule has 0 aliphatic heterocycles. The molecule has 0 aliphatic carbocycles. The van der Waals surface area contributed by atoms with Gasteiger partial charge in [-0.25, -0.2) is 13.1 Å². The third-order valence-electron chi connectivity index (χ3n) is 3.31. The average Bonchev–Trinajstić information content (AvgIpc) is 2.90. The number of amides is 1. The molecule has 1 aromatic heterocycles. The summed E-state index contributed by atoms with van der Waals surface area (Å²) in [5, 5.41) is 4.44. The van der Waals surface area contributed by atoms with Crippen molar-refractivity contribution in [2.45, 2.75) is 30.5 Å². The Labute approximate surface area is 136 Å². The van der Waals surface area contributed by atoms with Crippen LogP contribution in [0.15, 0.2) is 21.7 Å². The Morgan fingerprint density at radius 1 is 1.48 bits per heavy atom. The molecule has 0 aromatic carbocycles. The van der Waals surface area contributed by atoms with Crippen LogP contribution in [0.3, 0.4) is 0 Å². The Hall–Kier alpha value is -0.670. The highest BCUT2D eigenvalue weighted by Gasteiger charge is 2.28. The topological polar surface area (TPSA) is 101 Å². The number of halogens is 1. The van der Waals surface area contributed by atoms with Crippen molar-refractivity contribution in [3.05, 3.63) is 17.5 Å². The summed E-state index contributed by atoms with van der Waals surface area (Å²) >= 11 is 1.10. The molecule has 122 valence electrons. The maximum absolute atomic E-state index is 11.9. The van der Waals surface area contributed by atoms with E-state index in [2.05, 4.69) is 10.0 Å². The Kier molecular flexibility index (Phi) is 7.83. The first-order valence-corrected chi connectivity index (χ1v) is 8.62. The summed E-state index contributed by atoms with van der Waals surface area (Å²) < 4.78 is 26.2. The fourth-order valence-corrected chi connectivity index (χ4v) is 3.46. The van der Waals surface area contributed by atoms with Crippen molar-refractivity contribution in [3.63, 3.8) is 0 Å². The second kappa shape index (κ2) is 8.09. The second-order valence-electron chi connectivity index (χ2n) is 5.08. The fraction of sp³-hybridized carbons (Fsp3) is 0.583. The Morgan fingerprint density at radius 3 is 2.52 bits per heavy atom. The molecule has 0 saturated carbocycles. The van der Waals surface area contributed by atoms with E-state index in [4.69, 9.17) is 5.73 Å².